The van der Waals surface area contributed by atoms with Crippen molar-refractivity contribution in [3.8, 4) is 12.3 Å². The summed E-state index contributed by atoms with van der Waals surface area (Å²) in [5, 5.41) is 3.00. The zero-order valence-electron chi connectivity index (χ0n) is 8.69. The van der Waals surface area contributed by atoms with E-state index in [-0.39, 0.29) is 5.56 Å². The Hall–Kier alpha value is -1.73. The van der Waals surface area contributed by atoms with Crippen LogP contribution in [-0.2, 0) is 11.3 Å². The standard InChI is InChI=1S/C11H14N2O2/c1-3-6-12-10-4-5-11(14)13(9-10)7-8-15-2/h1,4-5,9,12H,6-8H2,2H3. The van der Waals surface area contributed by atoms with Crippen molar-refractivity contribution in [2.24, 2.45) is 0 Å². The number of hydrogen-bond donors (Lipinski definition) is 1. The smallest absolute Gasteiger partial charge is 0.250 e. The van der Waals surface area contributed by atoms with Crippen LogP contribution in [0.1, 0.15) is 0 Å². The first-order valence-corrected chi connectivity index (χ1v) is 4.64. The SMILES string of the molecule is C#CCNc1ccc(=O)n(CCOC)c1. The molecule has 1 N–H and O–H groups in total. The van der Waals surface area contributed by atoms with Crippen molar-refractivity contribution in [3.05, 3.63) is 28.7 Å². The van der Waals surface area contributed by atoms with Gasteiger partial charge in [0.05, 0.1) is 18.8 Å². The third-order valence-electron chi connectivity index (χ3n) is 1.91. The van der Waals surface area contributed by atoms with E-state index in [2.05, 4.69) is 11.2 Å². The molecule has 0 saturated heterocycles. The Labute approximate surface area is 88.9 Å². The van der Waals surface area contributed by atoms with Gasteiger partial charge in [-0.2, -0.15) is 0 Å². The molecule has 0 bridgehead atoms. The second-order valence-corrected chi connectivity index (χ2v) is 3.00. The molecular weight excluding hydrogens is 192 g/mol. The van der Waals surface area contributed by atoms with E-state index in [0.29, 0.717) is 19.7 Å². The fourth-order valence-corrected chi connectivity index (χ4v) is 1.15. The van der Waals surface area contributed by atoms with Crippen LogP contribution in [0.3, 0.4) is 0 Å². The molecule has 4 nitrogen and oxygen atoms in total. The number of pyridine rings is 1. The van der Waals surface area contributed by atoms with Gasteiger partial charge in [-0.3, -0.25) is 4.79 Å². The molecule has 0 aliphatic rings. The van der Waals surface area contributed by atoms with E-state index in [9.17, 15) is 4.79 Å². The van der Waals surface area contributed by atoms with Crippen molar-refractivity contribution in [1.82, 2.24) is 4.57 Å². The van der Waals surface area contributed by atoms with Crippen LogP contribution >= 0.6 is 0 Å². The van der Waals surface area contributed by atoms with Gasteiger partial charge in [-0.15, -0.1) is 6.42 Å². The van der Waals surface area contributed by atoms with Gasteiger partial charge in [0.1, 0.15) is 0 Å². The molecule has 1 aromatic rings. The zero-order chi connectivity index (χ0) is 11.1. The summed E-state index contributed by atoms with van der Waals surface area (Å²) in [4.78, 5) is 11.4. The Morgan fingerprint density at radius 1 is 1.60 bits per heavy atom. The average molecular weight is 206 g/mol. The molecule has 0 aliphatic heterocycles. The van der Waals surface area contributed by atoms with Crippen molar-refractivity contribution in [2.75, 3.05) is 25.6 Å². The van der Waals surface area contributed by atoms with Crippen LogP contribution in [0.5, 0.6) is 0 Å². The van der Waals surface area contributed by atoms with Gasteiger partial charge < -0.3 is 14.6 Å². The molecule has 1 aromatic heterocycles. The summed E-state index contributed by atoms with van der Waals surface area (Å²) in [6.45, 7) is 1.50. The van der Waals surface area contributed by atoms with Crippen molar-refractivity contribution in [2.45, 2.75) is 6.54 Å². The van der Waals surface area contributed by atoms with Crippen LogP contribution in [0.4, 0.5) is 5.69 Å². The van der Waals surface area contributed by atoms with Crippen LogP contribution in [0.25, 0.3) is 0 Å². The molecule has 1 rings (SSSR count). The highest BCUT2D eigenvalue weighted by atomic mass is 16.5. The fourth-order valence-electron chi connectivity index (χ4n) is 1.15. The van der Waals surface area contributed by atoms with E-state index in [4.69, 9.17) is 11.2 Å². The Morgan fingerprint density at radius 2 is 2.40 bits per heavy atom. The highest BCUT2D eigenvalue weighted by molar-refractivity contribution is 5.41. The van der Waals surface area contributed by atoms with E-state index < -0.39 is 0 Å². The van der Waals surface area contributed by atoms with Gasteiger partial charge in [-0.25, -0.2) is 0 Å². The summed E-state index contributed by atoms with van der Waals surface area (Å²) < 4.78 is 6.49. The third-order valence-corrected chi connectivity index (χ3v) is 1.91. The molecule has 80 valence electrons. The summed E-state index contributed by atoms with van der Waals surface area (Å²) >= 11 is 0. The third kappa shape index (κ3) is 3.49. The number of methoxy groups -OCH3 is 1. The van der Waals surface area contributed by atoms with E-state index in [1.54, 1.807) is 23.9 Å². The van der Waals surface area contributed by atoms with E-state index in [0.717, 1.165) is 5.69 Å². The Morgan fingerprint density at radius 3 is 3.07 bits per heavy atom. The first-order chi connectivity index (χ1) is 7.27. The summed E-state index contributed by atoms with van der Waals surface area (Å²) in [5.41, 5.74) is 0.793. The molecule has 0 atom stereocenters. The lowest BCUT2D eigenvalue weighted by Crippen LogP contribution is -2.21. The van der Waals surface area contributed by atoms with Gasteiger partial charge >= 0.3 is 0 Å². The van der Waals surface area contributed by atoms with Gasteiger partial charge in [-0.05, 0) is 6.07 Å². The first-order valence-electron chi connectivity index (χ1n) is 4.64. The summed E-state index contributed by atoms with van der Waals surface area (Å²) in [6, 6.07) is 3.22. The molecule has 0 saturated carbocycles. The van der Waals surface area contributed by atoms with Crippen molar-refractivity contribution in [3.63, 3.8) is 0 Å². The lowest BCUT2D eigenvalue weighted by Gasteiger charge is -2.07. The van der Waals surface area contributed by atoms with Crippen LogP contribution in [0.2, 0.25) is 0 Å². The molecule has 1 heterocycles. The minimum atomic E-state index is -0.0432. The molecule has 15 heavy (non-hydrogen) atoms. The monoisotopic (exact) mass is 206 g/mol. The molecule has 0 fully saturated rings. The van der Waals surface area contributed by atoms with Gasteiger partial charge in [0.2, 0.25) is 0 Å². The second kappa shape index (κ2) is 5.89. The van der Waals surface area contributed by atoms with E-state index in [1.165, 1.54) is 6.07 Å². The molecular formula is C11H14N2O2. The van der Waals surface area contributed by atoms with Gasteiger partial charge in [0, 0.05) is 25.9 Å². The van der Waals surface area contributed by atoms with Gasteiger partial charge in [0.15, 0.2) is 0 Å². The fraction of sp³-hybridized carbons (Fsp3) is 0.364. The number of aromatic nitrogens is 1. The number of hydrogen-bond acceptors (Lipinski definition) is 3. The van der Waals surface area contributed by atoms with Crippen LogP contribution in [0, 0.1) is 12.3 Å². The second-order valence-electron chi connectivity index (χ2n) is 3.00. The van der Waals surface area contributed by atoms with Crippen LogP contribution in [-0.4, -0.2) is 24.8 Å². The molecule has 0 unspecified atom stereocenters. The molecule has 4 heteroatoms. The minimum Gasteiger partial charge on any atom is -0.383 e. The summed E-state index contributed by atoms with van der Waals surface area (Å²) in [6.07, 6.45) is 6.86. The zero-order valence-corrected chi connectivity index (χ0v) is 8.69. The number of nitrogens with one attached hydrogen (secondary N) is 1. The molecule has 0 amide bonds. The molecule has 0 aromatic carbocycles. The molecule has 0 radical (unpaired) electrons. The first kappa shape index (κ1) is 11.3. The largest absolute Gasteiger partial charge is 0.383 e. The maximum absolute atomic E-state index is 11.4. The molecule has 0 aliphatic carbocycles. The predicted molar refractivity (Wildman–Crippen MR) is 59.9 cm³/mol. The number of ether oxygens (including phenoxy) is 1. The predicted octanol–water partition coefficient (Wildman–Crippen LogP) is 0.540. The van der Waals surface area contributed by atoms with Gasteiger partial charge in [0.25, 0.3) is 5.56 Å². The van der Waals surface area contributed by atoms with E-state index in [1.807, 2.05) is 0 Å². The topological polar surface area (TPSA) is 43.3 Å². The summed E-state index contributed by atoms with van der Waals surface area (Å²) in [7, 11) is 1.60. The van der Waals surface area contributed by atoms with E-state index >= 15 is 0 Å². The average Bonchev–Trinajstić information content (AvgIpc) is 2.26. The normalized spacial score (nSPS) is 9.60. The lowest BCUT2D eigenvalue weighted by molar-refractivity contribution is 0.186. The van der Waals surface area contributed by atoms with Crippen LogP contribution < -0.4 is 10.9 Å². The maximum atomic E-state index is 11.4. The number of anilines is 1. The van der Waals surface area contributed by atoms with Crippen molar-refractivity contribution < 1.29 is 4.74 Å². The Kier molecular flexibility index (Phi) is 4.45. The highest BCUT2D eigenvalue weighted by Crippen LogP contribution is 2.01. The number of nitrogens with zero attached hydrogens (tertiary/aromatic N) is 1. The van der Waals surface area contributed by atoms with Crippen molar-refractivity contribution in [1.29, 1.82) is 0 Å². The Bertz CT molecular complexity index is 404. The highest BCUT2D eigenvalue weighted by Gasteiger charge is 1.97. The van der Waals surface area contributed by atoms with Crippen LogP contribution in [0.15, 0.2) is 23.1 Å². The maximum Gasteiger partial charge on any atom is 0.250 e. The Balaban J connectivity index is 2.76. The quantitative estimate of drug-likeness (QED) is 0.715. The lowest BCUT2D eigenvalue weighted by atomic mass is 10.4. The molecule has 0 spiro atoms. The minimum absolute atomic E-state index is 0.0432. The number of rotatable bonds is 5. The van der Waals surface area contributed by atoms with Crippen molar-refractivity contribution >= 4 is 5.69 Å². The number of terminal acetylenes is 1. The van der Waals surface area contributed by atoms with Gasteiger partial charge in [-0.1, -0.05) is 5.92 Å². The summed E-state index contributed by atoms with van der Waals surface area (Å²) in [5.74, 6) is 2.47.